The summed E-state index contributed by atoms with van der Waals surface area (Å²) in [7, 11) is 0. The summed E-state index contributed by atoms with van der Waals surface area (Å²) < 4.78 is 27.1. The summed E-state index contributed by atoms with van der Waals surface area (Å²) >= 11 is 3.24. The van der Waals surface area contributed by atoms with Crippen molar-refractivity contribution in [2.75, 3.05) is 0 Å². The Bertz CT molecular complexity index is 466. The Morgan fingerprint density at radius 3 is 2.67 bits per heavy atom. The molecule has 1 aliphatic rings. The van der Waals surface area contributed by atoms with Gasteiger partial charge in [0.1, 0.15) is 11.6 Å². The Hall–Kier alpha value is -1.03. The number of carbonyl (C=O) groups is 1. The van der Waals surface area contributed by atoms with Crippen molar-refractivity contribution in [2.45, 2.75) is 12.8 Å². The van der Waals surface area contributed by atoms with Crippen LogP contribution in [0.3, 0.4) is 0 Å². The molecule has 0 spiro atoms. The molecule has 0 amide bonds. The van der Waals surface area contributed by atoms with Gasteiger partial charge in [0.2, 0.25) is 0 Å². The van der Waals surface area contributed by atoms with Gasteiger partial charge in [0, 0.05) is 16.1 Å². The van der Waals surface area contributed by atoms with Crippen molar-refractivity contribution >= 4 is 27.8 Å². The molecule has 0 heterocycles. The fourth-order valence-corrected chi connectivity index (χ4v) is 2.25. The van der Waals surface area contributed by atoms with Gasteiger partial charge >= 0.3 is 0 Å². The molecule has 0 atom stereocenters. The van der Waals surface area contributed by atoms with E-state index < -0.39 is 11.6 Å². The van der Waals surface area contributed by atoms with Crippen molar-refractivity contribution < 1.29 is 13.6 Å². The quantitative estimate of drug-likeness (QED) is 0.718. The lowest BCUT2D eigenvalue weighted by atomic mass is 9.91. The van der Waals surface area contributed by atoms with Gasteiger partial charge in [-0.05, 0) is 30.0 Å². The van der Waals surface area contributed by atoms with Crippen molar-refractivity contribution in [3.05, 3.63) is 39.4 Å². The molecule has 0 aromatic heterocycles. The molecule has 0 aliphatic heterocycles. The van der Waals surface area contributed by atoms with Gasteiger partial charge in [-0.3, -0.25) is 4.79 Å². The predicted molar refractivity (Wildman–Crippen MR) is 56.6 cm³/mol. The Balaban J connectivity index is 2.71. The minimum atomic E-state index is -0.659. The smallest absolute Gasteiger partial charge is 0.151 e. The van der Waals surface area contributed by atoms with Crippen molar-refractivity contribution in [3.8, 4) is 0 Å². The highest BCUT2D eigenvalue weighted by molar-refractivity contribution is 9.11. The number of rotatable bonds is 1. The third-order valence-corrected chi connectivity index (χ3v) is 3.28. The van der Waals surface area contributed by atoms with E-state index in [1.54, 1.807) is 0 Å². The van der Waals surface area contributed by atoms with Gasteiger partial charge in [-0.25, -0.2) is 8.78 Å². The number of halogens is 3. The Labute approximate surface area is 93.9 Å². The van der Waals surface area contributed by atoms with Crippen LogP contribution in [-0.4, -0.2) is 6.29 Å². The number of hydrogen-bond acceptors (Lipinski definition) is 1. The summed E-state index contributed by atoms with van der Waals surface area (Å²) in [6.07, 6.45) is 1.68. The summed E-state index contributed by atoms with van der Waals surface area (Å²) in [6.45, 7) is 0. The number of allylic oxidation sites excluding steroid dienone is 2. The number of aldehydes is 1. The van der Waals surface area contributed by atoms with Crippen molar-refractivity contribution in [1.29, 1.82) is 0 Å². The van der Waals surface area contributed by atoms with Gasteiger partial charge in [0.05, 0.1) is 0 Å². The van der Waals surface area contributed by atoms with Gasteiger partial charge < -0.3 is 0 Å². The van der Waals surface area contributed by atoms with Crippen LogP contribution in [0.1, 0.15) is 17.5 Å². The standard InChI is InChI=1S/C11H7BrF2O/c12-10-2-1-7-8(9(10)5-15)3-6(13)4-11(7)14/h3-5H,1-2H2. The molecular formula is C11H7BrF2O. The average molecular weight is 273 g/mol. The third-order valence-electron chi connectivity index (χ3n) is 2.46. The highest BCUT2D eigenvalue weighted by Crippen LogP contribution is 2.34. The highest BCUT2D eigenvalue weighted by Gasteiger charge is 2.21. The van der Waals surface area contributed by atoms with Crippen LogP contribution in [0.15, 0.2) is 16.6 Å². The van der Waals surface area contributed by atoms with Crippen LogP contribution >= 0.6 is 15.9 Å². The van der Waals surface area contributed by atoms with E-state index in [-0.39, 0.29) is 0 Å². The Kier molecular flexibility index (Phi) is 2.69. The fourth-order valence-electron chi connectivity index (χ4n) is 1.74. The molecule has 1 aromatic rings. The fraction of sp³-hybridized carbons (Fsp3) is 0.182. The number of hydrogen-bond donors (Lipinski definition) is 0. The first-order valence-corrected chi connectivity index (χ1v) is 5.25. The van der Waals surface area contributed by atoms with Crippen LogP contribution in [0.25, 0.3) is 5.57 Å². The summed E-state index contributed by atoms with van der Waals surface area (Å²) in [5.41, 5.74) is 1.12. The van der Waals surface area contributed by atoms with Gasteiger partial charge in [0.15, 0.2) is 6.29 Å². The molecule has 0 saturated heterocycles. The van der Waals surface area contributed by atoms with Gasteiger partial charge in [-0.1, -0.05) is 15.9 Å². The van der Waals surface area contributed by atoms with E-state index in [0.717, 1.165) is 6.07 Å². The summed E-state index contributed by atoms with van der Waals surface area (Å²) in [4.78, 5) is 10.8. The molecule has 4 heteroatoms. The lowest BCUT2D eigenvalue weighted by molar-refractivity contribution is -0.103. The average Bonchev–Trinajstić information content (AvgIpc) is 2.17. The van der Waals surface area contributed by atoms with Crippen LogP contribution in [0.2, 0.25) is 0 Å². The number of carbonyl (C=O) groups excluding carboxylic acids is 1. The second-order valence-electron chi connectivity index (χ2n) is 3.35. The lowest BCUT2D eigenvalue weighted by Gasteiger charge is -2.17. The molecule has 1 aromatic carbocycles. The zero-order chi connectivity index (χ0) is 11.0. The topological polar surface area (TPSA) is 17.1 Å². The molecule has 15 heavy (non-hydrogen) atoms. The first kappa shape index (κ1) is 10.5. The molecule has 0 saturated carbocycles. The molecule has 78 valence electrons. The van der Waals surface area contributed by atoms with Crippen LogP contribution in [0.5, 0.6) is 0 Å². The van der Waals surface area contributed by atoms with Crippen LogP contribution < -0.4 is 0 Å². The van der Waals surface area contributed by atoms with E-state index in [1.807, 2.05) is 0 Å². The second-order valence-corrected chi connectivity index (χ2v) is 4.31. The third kappa shape index (κ3) is 1.74. The summed E-state index contributed by atoms with van der Waals surface area (Å²) in [5, 5.41) is 0. The monoisotopic (exact) mass is 272 g/mol. The summed E-state index contributed by atoms with van der Waals surface area (Å²) in [6, 6.07) is 2.04. The molecule has 1 nitrogen and oxygen atoms in total. The van der Waals surface area contributed by atoms with E-state index in [0.29, 0.717) is 40.3 Å². The molecule has 0 bridgehead atoms. The number of fused-ring (bicyclic) bond motifs is 1. The van der Waals surface area contributed by atoms with Crippen LogP contribution in [-0.2, 0) is 11.2 Å². The van der Waals surface area contributed by atoms with E-state index >= 15 is 0 Å². The van der Waals surface area contributed by atoms with Crippen molar-refractivity contribution in [2.24, 2.45) is 0 Å². The van der Waals surface area contributed by atoms with Crippen molar-refractivity contribution in [1.82, 2.24) is 0 Å². The molecule has 2 rings (SSSR count). The summed E-state index contributed by atoms with van der Waals surface area (Å²) in [5.74, 6) is -1.24. The SMILES string of the molecule is O=CC1=C(Br)CCc2c(F)cc(F)cc21. The van der Waals surface area contributed by atoms with Gasteiger partial charge in [0.25, 0.3) is 0 Å². The Morgan fingerprint density at radius 2 is 2.00 bits per heavy atom. The largest absolute Gasteiger partial charge is 0.298 e. The zero-order valence-corrected chi connectivity index (χ0v) is 9.27. The van der Waals surface area contributed by atoms with E-state index in [4.69, 9.17) is 0 Å². The first-order chi connectivity index (χ1) is 7.13. The first-order valence-electron chi connectivity index (χ1n) is 4.45. The van der Waals surface area contributed by atoms with Crippen LogP contribution in [0.4, 0.5) is 8.78 Å². The zero-order valence-electron chi connectivity index (χ0n) is 7.69. The van der Waals surface area contributed by atoms with E-state index in [9.17, 15) is 13.6 Å². The lowest BCUT2D eigenvalue weighted by Crippen LogP contribution is -2.06. The Morgan fingerprint density at radius 1 is 1.27 bits per heavy atom. The maximum Gasteiger partial charge on any atom is 0.151 e. The normalized spacial score (nSPS) is 15.1. The second kappa shape index (κ2) is 3.85. The van der Waals surface area contributed by atoms with Crippen LogP contribution in [0, 0.1) is 11.6 Å². The van der Waals surface area contributed by atoms with Crippen molar-refractivity contribution in [3.63, 3.8) is 0 Å². The number of benzene rings is 1. The molecule has 0 radical (unpaired) electrons. The van der Waals surface area contributed by atoms with E-state index in [1.165, 1.54) is 6.07 Å². The van der Waals surface area contributed by atoms with E-state index in [2.05, 4.69) is 15.9 Å². The molecular weight excluding hydrogens is 266 g/mol. The maximum atomic E-state index is 13.4. The predicted octanol–water partition coefficient (Wildman–Crippen LogP) is 3.22. The molecule has 0 unspecified atom stereocenters. The van der Waals surface area contributed by atoms with Gasteiger partial charge in [-0.2, -0.15) is 0 Å². The minimum absolute atomic E-state index is 0.342. The minimum Gasteiger partial charge on any atom is -0.298 e. The molecule has 0 N–H and O–H groups in total. The molecule has 1 aliphatic carbocycles. The molecule has 0 fully saturated rings. The highest BCUT2D eigenvalue weighted by atomic mass is 79.9. The van der Waals surface area contributed by atoms with Gasteiger partial charge in [-0.15, -0.1) is 0 Å². The maximum absolute atomic E-state index is 13.4.